The van der Waals surface area contributed by atoms with E-state index in [1.165, 1.54) is 0 Å². The highest BCUT2D eigenvalue weighted by Crippen LogP contribution is 2.29. The van der Waals surface area contributed by atoms with Crippen molar-refractivity contribution < 1.29 is 4.42 Å². The van der Waals surface area contributed by atoms with Gasteiger partial charge in [0.15, 0.2) is 0 Å². The van der Waals surface area contributed by atoms with Crippen LogP contribution in [0.2, 0.25) is 0 Å². The average molecular weight is 188 g/mol. The van der Waals surface area contributed by atoms with Gasteiger partial charge < -0.3 is 15.5 Å². The van der Waals surface area contributed by atoms with Gasteiger partial charge in [-0.25, -0.2) is 0 Å². The van der Waals surface area contributed by atoms with Gasteiger partial charge in [0.1, 0.15) is 11.3 Å². The molecule has 0 saturated carbocycles. The molecule has 1 fully saturated rings. The number of hydrogen-bond acceptors (Lipinski definition) is 3. The van der Waals surface area contributed by atoms with Crippen LogP contribution < -0.4 is 11.1 Å². The average Bonchev–Trinajstić information content (AvgIpc) is 2.43. The number of hydrogen-bond donors (Lipinski definition) is 2. The van der Waals surface area contributed by atoms with Gasteiger partial charge in [-0.15, -0.1) is 0 Å². The van der Waals surface area contributed by atoms with E-state index >= 15 is 0 Å². The Morgan fingerprint density at radius 2 is 2.21 bits per heavy atom. The molecule has 2 aromatic rings. The minimum absolute atomic E-state index is 0.406. The third-order valence-corrected chi connectivity index (χ3v) is 2.73. The van der Waals surface area contributed by atoms with Gasteiger partial charge in [0, 0.05) is 11.1 Å². The summed E-state index contributed by atoms with van der Waals surface area (Å²) in [7, 11) is 0. The van der Waals surface area contributed by atoms with E-state index in [9.17, 15) is 0 Å². The molecule has 1 aliphatic heterocycles. The van der Waals surface area contributed by atoms with Crippen molar-refractivity contribution in [3.05, 3.63) is 30.0 Å². The number of anilines is 1. The molecular formula is C11H12N2O. The zero-order valence-corrected chi connectivity index (χ0v) is 7.79. The molecule has 0 spiro atoms. The van der Waals surface area contributed by atoms with Crippen LogP contribution in [0.4, 0.5) is 5.69 Å². The maximum Gasteiger partial charge on any atom is 0.134 e. The van der Waals surface area contributed by atoms with Crippen LogP contribution >= 0.6 is 0 Å². The molecule has 3 rings (SSSR count). The van der Waals surface area contributed by atoms with Gasteiger partial charge >= 0.3 is 0 Å². The summed E-state index contributed by atoms with van der Waals surface area (Å²) in [5, 5.41) is 4.40. The minimum atomic E-state index is 0.406. The van der Waals surface area contributed by atoms with E-state index in [-0.39, 0.29) is 0 Å². The molecule has 3 heteroatoms. The molecule has 0 radical (unpaired) electrons. The van der Waals surface area contributed by atoms with Gasteiger partial charge in [-0.2, -0.15) is 0 Å². The third-order valence-electron chi connectivity index (χ3n) is 2.73. The number of fused-ring (bicyclic) bond motifs is 1. The van der Waals surface area contributed by atoms with Crippen molar-refractivity contribution in [3.63, 3.8) is 0 Å². The van der Waals surface area contributed by atoms with Gasteiger partial charge in [0.25, 0.3) is 0 Å². The quantitative estimate of drug-likeness (QED) is 0.673. The fourth-order valence-corrected chi connectivity index (χ4v) is 1.79. The summed E-state index contributed by atoms with van der Waals surface area (Å²) in [5.74, 6) is 1.02. The second-order valence-corrected chi connectivity index (χ2v) is 3.74. The molecule has 72 valence electrons. The maximum atomic E-state index is 5.71. The van der Waals surface area contributed by atoms with E-state index in [4.69, 9.17) is 10.2 Å². The SMILES string of the molecule is Nc1ccc2oc([C@@H]3CCN3)cc2c1. The highest BCUT2D eigenvalue weighted by molar-refractivity contribution is 5.81. The van der Waals surface area contributed by atoms with Gasteiger partial charge in [-0.1, -0.05) is 0 Å². The molecule has 3 N–H and O–H groups in total. The summed E-state index contributed by atoms with van der Waals surface area (Å²) in [6, 6.07) is 8.21. The summed E-state index contributed by atoms with van der Waals surface area (Å²) < 4.78 is 5.71. The molecule has 1 aliphatic rings. The Morgan fingerprint density at radius 3 is 2.93 bits per heavy atom. The largest absolute Gasteiger partial charge is 0.459 e. The second-order valence-electron chi connectivity index (χ2n) is 3.74. The number of benzene rings is 1. The predicted molar refractivity (Wildman–Crippen MR) is 56.0 cm³/mol. The van der Waals surface area contributed by atoms with Crippen LogP contribution in [0.25, 0.3) is 11.0 Å². The Kier molecular flexibility index (Phi) is 1.55. The zero-order chi connectivity index (χ0) is 9.54. The normalized spacial score (nSPS) is 21.0. The van der Waals surface area contributed by atoms with Crippen molar-refractivity contribution in [2.24, 2.45) is 0 Å². The zero-order valence-electron chi connectivity index (χ0n) is 7.79. The molecule has 1 saturated heterocycles. The number of furan rings is 1. The molecule has 0 amide bonds. The van der Waals surface area contributed by atoms with Crippen LogP contribution in [0, 0.1) is 0 Å². The number of nitrogen functional groups attached to an aromatic ring is 1. The monoisotopic (exact) mass is 188 g/mol. The molecule has 0 bridgehead atoms. The second kappa shape index (κ2) is 2.75. The predicted octanol–water partition coefficient (Wildman–Crippen LogP) is 2.05. The molecule has 1 aromatic heterocycles. The number of nitrogens with one attached hydrogen (secondary N) is 1. The maximum absolute atomic E-state index is 5.71. The van der Waals surface area contributed by atoms with Gasteiger partial charge in [0.05, 0.1) is 6.04 Å². The van der Waals surface area contributed by atoms with Crippen molar-refractivity contribution in [1.29, 1.82) is 0 Å². The molecule has 2 heterocycles. The third kappa shape index (κ3) is 1.09. The van der Waals surface area contributed by atoms with E-state index in [2.05, 4.69) is 11.4 Å². The standard InChI is InChI=1S/C11H12N2O/c12-8-1-2-10-7(5-8)6-11(14-10)9-3-4-13-9/h1-2,5-6,9,13H,3-4,12H2/t9-/m0/s1. The molecular weight excluding hydrogens is 176 g/mol. The molecule has 1 atom stereocenters. The van der Waals surface area contributed by atoms with Crippen molar-refractivity contribution in [2.75, 3.05) is 12.3 Å². The Morgan fingerprint density at radius 1 is 1.36 bits per heavy atom. The lowest BCUT2D eigenvalue weighted by Crippen LogP contribution is -2.34. The van der Waals surface area contributed by atoms with Gasteiger partial charge in [-0.3, -0.25) is 0 Å². The molecule has 0 aliphatic carbocycles. The van der Waals surface area contributed by atoms with Gasteiger partial charge in [-0.05, 0) is 37.2 Å². The Hall–Kier alpha value is -1.48. The summed E-state index contributed by atoms with van der Waals surface area (Å²) in [6.07, 6.45) is 1.16. The van der Waals surface area contributed by atoms with Crippen molar-refractivity contribution in [3.8, 4) is 0 Å². The molecule has 1 aromatic carbocycles. The first-order chi connectivity index (χ1) is 6.83. The molecule has 0 unspecified atom stereocenters. The number of nitrogens with two attached hydrogens (primary N) is 1. The Labute approximate surface area is 81.9 Å². The molecule has 14 heavy (non-hydrogen) atoms. The smallest absolute Gasteiger partial charge is 0.134 e. The first-order valence-corrected chi connectivity index (χ1v) is 4.85. The summed E-state index contributed by atoms with van der Waals surface area (Å²) >= 11 is 0. The van der Waals surface area contributed by atoms with E-state index in [1.807, 2.05) is 18.2 Å². The lowest BCUT2D eigenvalue weighted by molar-refractivity contribution is 0.327. The molecule has 3 nitrogen and oxygen atoms in total. The first kappa shape index (κ1) is 7.88. The number of rotatable bonds is 1. The minimum Gasteiger partial charge on any atom is -0.459 e. The van der Waals surface area contributed by atoms with Crippen molar-refractivity contribution in [1.82, 2.24) is 5.32 Å². The van der Waals surface area contributed by atoms with Crippen LogP contribution in [-0.2, 0) is 0 Å². The van der Waals surface area contributed by atoms with Crippen LogP contribution in [0.5, 0.6) is 0 Å². The van der Waals surface area contributed by atoms with E-state index in [0.29, 0.717) is 6.04 Å². The van der Waals surface area contributed by atoms with Crippen LogP contribution in [0.3, 0.4) is 0 Å². The van der Waals surface area contributed by atoms with Crippen molar-refractivity contribution >= 4 is 16.7 Å². The lowest BCUT2D eigenvalue weighted by atomic mass is 10.0. The topological polar surface area (TPSA) is 51.2 Å². The van der Waals surface area contributed by atoms with Gasteiger partial charge in [0.2, 0.25) is 0 Å². The lowest BCUT2D eigenvalue weighted by Gasteiger charge is -2.25. The van der Waals surface area contributed by atoms with E-state index in [0.717, 1.165) is 35.4 Å². The van der Waals surface area contributed by atoms with Crippen LogP contribution in [0.15, 0.2) is 28.7 Å². The van der Waals surface area contributed by atoms with Crippen molar-refractivity contribution in [2.45, 2.75) is 12.5 Å². The highest BCUT2D eigenvalue weighted by Gasteiger charge is 2.21. The Balaban J connectivity index is 2.10. The summed E-state index contributed by atoms with van der Waals surface area (Å²) in [6.45, 7) is 1.09. The summed E-state index contributed by atoms with van der Waals surface area (Å²) in [5.41, 5.74) is 7.40. The van der Waals surface area contributed by atoms with Crippen LogP contribution in [0.1, 0.15) is 18.2 Å². The van der Waals surface area contributed by atoms with E-state index < -0.39 is 0 Å². The summed E-state index contributed by atoms with van der Waals surface area (Å²) in [4.78, 5) is 0. The fourth-order valence-electron chi connectivity index (χ4n) is 1.79. The fraction of sp³-hybridized carbons (Fsp3) is 0.273. The first-order valence-electron chi connectivity index (χ1n) is 4.85. The highest BCUT2D eigenvalue weighted by atomic mass is 16.3. The van der Waals surface area contributed by atoms with E-state index in [1.54, 1.807) is 0 Å². The Bertz CT molecular complexity index is 471. The van der Waals surface area contributed by atoms with Crippen LogP contribution in [-0.4, -0.2) is 6.54 Å².